The van der Waals surface area contributed by atoms with Crippen LogP contribution >= 0.6 is 23.5 Å². The van der Waals surface area contributed by atoms with Crippen molar-refractivity contribution in [1.29, 1.82) is 0 Å². The Morgan fingerprint density at radius 2 is 1.85 bits per heavy atom. The summed E-state index contributed by atoms with van der Waals surface area (Å²) >= 11 is 2.59. The number of anilines is 1. The van der Waals surface area contributed by atoms with Gasteiger partial charge < -0.3 is 5.32 Å². The molecule has 0 spiro atoms. The van der Waals surface area contributed by atoms with Gasteiger partial charge in [0.05, 0.1) is 10.7 Å². The van der Waals surface area contributed by atoms with Crippen LogP contribution in [0.25, 0.3) is 6.08 Å². The third-order valence-electron chi connectivity index (χ3n) is 3.53. The molecular weight excluding hydrogens is 364 g/mol. The quantitative estimate of drug-likeness (QED) is 0.782. The molecule has 2 amide bonds. The SMILES string of the molecule is Cc1cc(C)cc(NC(=O)CSC2=NC(=O)C(=Cc3ccccc3)S2)c1. The zero-order chi connectivity index (χ0) is 18.5. The summed E-state index contributed by atoms with van der Waals surface area (Å²) in [5.41, 5.74) is 3.95. The van der Waals surface area contributed by atoms with Crippen molar-refractivity contribution in [3.05, 3.63) is 70.1 Å². The number of thioether (sulfide) groups is 2. The fourth-order valence-electron chi connectivity index (χ4n) is 2.52. The van der Waals surface area contributed by atoms with E-state index in [1.807, 2.05) is 62.4 Å². The van der Waals surface area contributed by atoms with Crippen LogP contribution in [-0.2, 0) is 9.59 Å². The Morgan fingerprint density at radius 1 is 1.15 bits per heavy atom. The summed E-state index contributed by atoms with van der Waals surface area (Å²) in [5, 5.41) is 2.89. The lowest BCUT2D eigenvalue weighted by Gasteiger charge is -2.07. The molecule has 3 rings (SSSR count). The van der Waals surface area contributed by atoms with Crippen LogP contribution in [0.15, 0.2) is 58.4 Å². The van der Waals surface area contributed by atoms with Gasteiger partial charge in [-0.05, 0) is 48.7 Å². The van der Waals surface area contributed by atoms with Crippen molar-refractivity contribution < 1.29 is 9.59 Å². The highest BCUT2D eigenvalue weighted by molar-refractivity contribution is 8.41. The predicted molar refractivity (Wildman–Crippen MR) is 111 cm³/mol. The van der Waals surface area contributed by atoms with Crippen molar-refractivity contribution in [3.8, 4) is 0 Å². The first kappa shape index (κ1) is 18.5. The smallest absolute Gasteiger partial charge is 0.285 e. The molecule has 1 heterocycles. The highest BCUT2D eigenvalue weighted by Crippen LogP contribution is 2.33. The molecule has 0 atom stereocenters. The molecule has 1 aliphatic rings. The first-order valence-electron chi connectivity index (χ1n) is 8.08. The minimum atomic E-state index is -0.254. The maximum absolute atomic E-state index is 12.2. The maximum Gasteiger partial charge on any atom is 0.285 e. The second-order valence-corrected chi connectivity index (χ2v) is 8.17. The number of benzene rings is 2. The molecule has 2 aromatic carbocycles. The molecule has 0 aliphatic carbocycles. The van der Waals surface area contributed by atoms with E-state index >= 15 is 0 Å². The van der Waals surface area contributed by atoms with E-state index in [0.29, 0.717) is 9.28 Å². The topological polar surface area (TPSA) is 58.5 Å². The van der Waals surface area contributed by atoms with Gasteiger partial charge in [-0.1, -0.05) is 59.9 Å². The van der Waals surface area contributed by atoms with E-state index in [-0.39, 0.29) is 17.6 Å². The summed E-state index contributed by atoms with van der Waals surface area (Å²) in [6.45, 7) is 3.99. The number of carbonyl (C=O) groups is 2. The summed E-state index contributed by atoms with van der Waals surface area (Å²) in [5.74, 6) is -0.155. The molecule has 0 bridgehead atoms. The number of carbonyl (C=O) groups excluding carboxylic acids is 2. The Morgan fingerprint density at radius 3 is 2.54 bits per heavy atom. The van der Waals surface area contributed by atoms with Gasteiger partial charge >= 0.3 is 0 Å². The molecule has 1 aliphatic heterocycles. The Labute approximate surface area is 161 Å². The molecule has 1 N–H and O–H groups in total. The lowest BCUT2D eigenvalue weighted by molar-refractivity contribution is -0.114. The van der Waals surface area contributed by atoms with Gasteiger partial charge in [-0.25, -0.2) is 0 Å². The van der Waals surface area contributed by atoms with Crippen LogP contribution in [0.5, 0.6) is 0 Å². The number of hydrogen-bond acceptors (Lipinski definition) is 4. The first-order chi connectivity index (χ1) is 12.5. The molecule has 132 valence electrons. The Bertz CT molecular complexity index is 885. The molecule has 0 saturated carbocycles. The monoisotopic (exact) mass is 382 g/mol. The zero-order valence-electron chi connectivity index (χ0n) is 14.5. The average Bonchev–Trinajstić information content (AvgIpc) is 2.93. The Hall–Kier alpha value is -2.31. The molecule has 0 unspecified atom stereocenters. The molecule has 6 heteroatoms. The molecule has 2 aromatic rings. The summed E-state index contributed by atoms with van der Waals surface area (Å²) in [7, 11) is 0. The molecule has 26 heavy (non-hydrogen) atoms. The van der Waals surface area contributed by atoms with Gasteiger partial charge in [-0.15, -0.1) is 0 Å². The van der Waals surface area contributed by atoms with E-state index in [4.69, 9.17) is 0 Å². The Balaban J connectivity index is 1.55. The van der Waals surface area contributed by atoms with Gasteiger partial charge in [-0.2, -0.15) is 4.99 Å². The highest BCUT2D eigenvalue weighted by Gasteiger charge is 2.22. The second-order valence-electron chi connectivity index (χ2n) is 5.92. The summed E-state index contributed by atoms with van der Waals surface area (Å²) in [6.07, 6.45) is 1.82. The normalized spacial score (nSPS) is 15.2. The predicted octanol–water partition coefficient (Wildman–Crippen LogP) is 4.65. The van der Waals surface area contributed by atoms with Gasteiger partial charge in [0.25, 0.3) is 5.91 Å². The number of nitrogens with one attached hydrogen (secondary N) is 1. The molecule has 0 fully saturated rings. The minimum Gasteiger partial charge on any atom is -0.325 e. The van der Waals surface area contributed by atoms with Gasteiger partial charge in [0, 0.05) is 5.69 Å². The van der Waals surface area contributed by atoms with E-state index < -0.39 is 0 Å². The van der Waals surface area contributed by atoms with Crippen molar-refractivity contribution in [3.63, 3.8) is 0 Å². The third kappa shape index (κ3) is 5.09. The van der Waals surface area contributed by atoms with Gasteiger partial charge in [0.15, 0.2) is 0 Å². The number of aliphatic imine (C=N–C) groups is 1. The largest absolute Gasteiger partial charge is 0.325 e. The number of nitrogens with zero attached hydrogens (tertiary/aromatic N) is 1. The number of amides is 2. The number of rotatable bonds is 4. The lowest BCUT2D eigenvalue weighted by atomic mass is 10.1. The van der Waals surface area contributed by atoms with Crippen molar-refractivity contribution in [1.82, 2.24) is 0 Å². The summed E-state index contributed by atoms with van der Waals surface area (Å²) in [6, 6.07) is 15.6. The van der Waals surface area contributed by atoms with Crippen molar-refractivity contribution in [2.75, 3.05) is 11.1 Å². The number of aryl methyl sites for hydroxylation is 2. The van der Waals surface area contributed by atoms with Gasteiger partial charge in [-0.3, -0.25) is 9.59 Å². The van der Waals surface area contributed by atoms with Crippen LogP contribution in [0.3, 0.4) is 0 Å². The summed E-state index contributed by atoms with van der Waals surface area (Å²) < 4.78 is 0.604. The van der Waals surface area contributed by atoms with Crippen LogP contribution in [0.4, 0.5) is 5.69 Å². The fourth-order valence-corrected chi connectivity index (χ4v) is 4.32. The van der Waals surface area contributed by atoms with Crippen LogP contribution in [0, 0.1) is 13.8 Å². The van der Waals surface area contributed by atoms with Crippen molar-refractivity contribution in [2.45, 2.75) is 13.8 Å². The van der Waals surface area contributed by atoms with Crippen LogP contribution in [0.2, 0.25) is 0 Å². The van der Waals surface area contributed by atoms with Crippen molar-refractivity contribution in [2.24, 2.45) is 4.99 Å². The van der Waals surface area contributed by atoms with Crippen LogP contribution < -0.4 is 5.32 Å². The van der Waals surface area contributed by atoms with E-state index in [1.165, 1.54) is 23.5 Å². The van der Waals surface area contributed by atoms with E-state index in [2.05, 4.69) is 16.4 Å². The molecule has 0 saturated heterocycles. The van der Waals surface area contributed by atoms with E-state index in [9.17, 15) is 9.59 Å². The Kier molecular flexibility index (Phi) is 5.96. The highest BCUT2D eigenvalue weighted by atomic mass is 32.2. The average molecular weight is 383 g/mol. The van der Waals surface area contributed by atoms with Gasteiger partial charge in [0.2, 0.25) is 5.91 Å². The number of hydrogen-bond donors (Lipinski definition) is 1. The zero-order valence-corrected chi connectivity index (χ0v) is 16.1. The molecule has 0 radical (unpaired) electrons. The van der Waals surface area contributed by atoms with Crippen LogP contribution in [-0.4, -0.2) is 21.9 Å². The molecule has 4 nitrogen and oxygen atoms in total. The molecular formula is C20H18N2O2S2. The lowest BCUT2D eigenvalue weighted by Crippen LogP contribution is -2.14. The second kappa shape index (κ2) is 8.38. The van der Waals surface area contributed by atoms with E-state index in [1.54, 1.807) is 0 Å². The standard InChI is InChI=1S/C20H18N2O2S2/c1-13-8-14(2)10-16(9-13)21-18(23)12-25-20-22-19(24)17(26-20)11-15-6-4-3-5-7-15/h3-11H,12H2,1-2H3,(H,21,23). The van der Waals surface area contributed by atoms with Gasteiger partial charge in [0.1, 0.15) is 4.38 Å². The van der Waals surface area contributed by atoms with Crippen LogP contribution in [0.1, 0.15) is 16.7 Å². The minimum absolute atomic E-state index is 0.115. The van der Waals surface area contributed by atoms with E-state index in [0.717, 1.165) is 22.4 Å². The molecule has 0 aromatic heterocycles. The summed E-state index contributed by atoms with van der Waals surface area (Å²) in [4.78, 5) is 28.8. The third-order valence-corrected chi connectivity index (χ3v) is 5.66. The first-order valence-corrected chi connectivity index (χ1v) is 9.88. The maximum atomic E-state index is 12.2. The fraction of sp³-hybridized carbons (Fsp3) is 0.150. The van der Waals surface area contributed by atoms with Crippen molar-refractivity contribution >= 4 is 51.5 Å².